The van der Waals surface area contributed by atoms with Crippen LogP contribution in [0.15, 0.2) is 48.8 Å². The lowest BCUT2D eigenvalue weighted by atomic mass is 9.86. The maximum absolute atomic E-state index is 12.4. The molecule has 1 atom stereocenters. The van der Waals surface area contributed by atoms with Crippen LogP contribution in [-0.2, 0) is 5.41 Å². The van der Waals surface area contributed by atoms with Crippen LogP contribution in [-0.4, -0.2) is 29.0 Å². The molecule has 132 valence electrons. The van der Waals surface area contributed by atoms with Crippen molar-refractivity contribution in [3.8, 4) is 0 Å². The molecule has 1 fully saturated rings. The van der Waals surface area contributed by atoms with E-state index in [0.717, 1.165) is 18.7 Å². The number of amides is 2. The number of carbonyl (C=O) groups excluding carboxylic acids is 1. The molecule has 0 spiro atoms. The van der Waals surface area contributed by atoms with Crippen LogP contribution in [0.3, 0.4) is 0 Å². The second-order valence-electron chi connectivity index (χ2n) is 7.93. The SMILES string of the molecule is CC(NC(=O)N1CC(c2ccncc2)C1)c1ccc(C(C)(C)C)cc1. The minimum atomic E-state index is 0.00138. The summed E-state index contributed by atoms with van der Waals surface area (Å²) >= 11 is 0. The molecule has 1 aliphatic rings. The predicted molar refractivity (Wildman–Crippen MR) is 101 cm³/mol. The molecule has 1 aliphatic heterocycles. The van der Waals surface area contributed by atoms with Gasteiger partial charge in [-0.3, -0.25) is 4.98 Å². The average molecular weight is 337 g/mol. The molecule has 2 amide bonds. The molecule has 0 aliphatic carbocycles. The molecular weight excluding hydrogens is 310 g/mol. The number of aromatic nitrogens is 1. The van der Waals surface area contributed by atoms with E-state index in [1.165, 1.54) is 11.1 Å². The van der Waals surface area contributed by atoms with E-state index in [1.54, 1.807) is 12.4 Å². The van der Waals surface area contributed by atoms with Gasteiger partial charge in [-0.15, -0.1) is 0 Å². The molecule has 2 aromatic rings. The van der Waals surface area contributed by atoms with Gasteiger partial charge in [-0.25, -0.2) is 4.79 Å². The number of benzene rings is 1. The molecule has 4 heteroatoms. The lowest BCUT2D eigenvalue weighted by Crippen LogP contribution is -2.52. The van der Waals surface area contributed by atoms with E-state index >= 15 is 0 Å². The van der Waals surface area contributed by atoms with Gasteiger partial charge in [0.2, 0.25) is 0 Å². The Morgan fingerprint density at radius 3 is 2.28 bits per heavy atom. The summed E-state index contributed by atoms with van der Waals surface area (Å²) in [5, 5.41) is 3.10. The smallest absolute Gasteiger partial charge is 0.317 e. The molecule has 1 saturated heterocycles. The van der Waals surface area contributed by atoms with Gasteiger partial charge in [0.25, 0.3) is 0 Å². The Balaban J connectivity index is 1.53. The van der Waals surface area contributed by atoms with Crippen molar-refractivity contribution in [1.29, 1.82) is 0 Å². The molecule has 3 rings (SSSR count). The van der Waals surface area contributed by atoms with Crippen molar-refractivity contribution >= 4 is 6.03 Å². The molecular formula is C21H27N3O. The van der Waals surface area contributed by atoms with E-state index in [4.69, 9.17) is 0 Å². The summed E-state index contributed by atoms with van der Waals surface area (Å²) in [6.07, 6.45) is 3.61. The van der Waals surface area contributed by atoms with Crippen LogP contribution in [0.1, 0.15) is 56.3 Å². The largest absolute Gasteiger partial charge is 0.331 e. The van der Waals surface area contributed by atoms with Crippen molar-refractivity contribution in [3.05, 3.63) is 65.5 Å². The standard InChI is InChI=1S/C21H27N3O/c1-15(16-5-7-19(8-6-16)21(2,3)4)23-20(25)24-13-18(14-24)17-9-11-22-12-10-17/h5-12,15,18H,13-14H2,1-4H3,(H,23,25). The Hall–Kier alpha value is -2.36. The molecule has 0 bridgehead atoms. The summed E-state index contributed by atoms with van der Waals surface area (Å²) in [6, 6.07) is 12.6. The molecule has 0 saturated carbocycles. The zero-order valence-corrected chi connectivity index (χ0v) is 15.5. The highest BCUT2D eigenvalue weighted by molar-refractivity contribution is 5.76. The Bertz CT molecular complexity index is 713. The lowest BCUT2D eigenvalue weighted by Gasteiger charge is -2.40. The van der Waals surface area contributed by atoms with Gasteiger partial charge in [0, 0.05) is 31.4 Å². The number of carbonyl (C=O) groups is 1. The van der Waals surface area contributed by atoms with Crippen LogP contribution in [0.5, 0.6) is 0 Å². The molecule has 2 heterocycles. The third kappa shape index (κ3) is 4.01. The normalized spacial score (nSPS) is 16.2. The Morgan fingerprint density at radius 1 is 1.12 bits per heavy atom. The van der Waals surface area contributed by atoms with Crippen LogP contribution in [0.2, 0.25) is 0 Å². The molecule has 4 nitrogen and oxygen atoms in total. The van der Waals surface area contributed by atoms with Gasteiger partial charge >= 0.3 is 6.03 Å². The summed E-state index contributed by atoms with van der Waals surface area (Å²) in [5.74, 6) is 0.426. The molecule has 25 heavy (non-hydrogen) atoms. The van der Waals surface area contributed by atoms with Crippen molar-refractivity contribution in [2.45, 2.75) is 45.1 Å². The van der Waals surface area contributed by atoms with E-state index in [2.05, 4.69) is 55.3 Å². The quantitative estimate of drug-likeness (QED) is 0.910. The molecule has 1 unspecified atom stereocenters. The molecule has 1 N–H and O–H groups in total. The Kier molecular flexibility index (Phi) is 4.80. The molecule has 1 aromatic heterocycles. The first-order chi connectivity index (χ1) is 11.8. The fourth-order valence-electron chi connectivity index (χ4n) is 3.12. The fourth-order valence-corrected chi connectivity index (χ4v) is 3.12. The zero-order chi connectivity index (χ0) is 18.0. The van der Waals surface area contributed by atoms with Crippen LogP contribution < -0.4 is 5.32 Å². The Morgan fingerprint density at radius 2 is 1.72 bits per heavy atom. The summed E-state index contributed by atoms with van der Waals surface area (Å²) in [5.41, 5.74) is 3.83. The monoisotopic (exact) mass is 337 g/mol. The summed E-state index contributed by atoms with van der Waals surface area (Å²) < 4.78 is 0. The minimum Gasteiger partial charge on any atom is -0.331 e. The van der Waals surface area contributed by atoms with Gasteiger partial charge in [0.1, 0.15) is 0 Å². The average Bonchev–Trinajstić information content (AvgIpc) is 2.53. The second-order valence-corrected chi connectivity index (χ2v) is 7.93. The molecule has 1 aromatic carbocycles. The Labute approximate surface area is 150 Å². The van der Waals surface area contributed by atoms with Crippen LogP contribution in [0.4, 0.5) is 4.79 Å². The minimum absolute atomic E-state index is 0.00138. The first kappa shape index (κ1) is 17.5. The molecule has 0 radical (unpaired) electrons. The predicted octanol–water partition coefficient (Wildman–Crippen LogP) is 4.25. The van der Waals surface area contributed by atoms with Crippen molar-refractivity contribution in [3.63, 3.8) is 0 Å². The highest BCUT2D eigenvalue weighted by Crippen LogP contribution is 2.27. The summed E-state index contributed by atoms with van der Waals surface area (Å²) in [4.78, 5) is 18.3. The number of rotatable bonds is 3. The summed E-state index contributed by atoms with van der Waals surface area (Å²) in [7, 11) is 0. The topological polar surface area (TPSA) is 45.2 Å². The van der Waals surface area contributed by atoms with Crippen molar-refractivity contribution in [2.75, 3.05) is 13.1 Å². The van der Waals surface area contributed by atoms with Gasteiger partial charge in [-0.05, 0) is 41.2 Å². The first-order valence-electron chi connectivity index (χ1n) is 8.90. The first-order valence-corrected chi connectivity index (χ1v) is 8.90. The number of pyridine rings is 1. The van der Waals surface area contributed by atoms with E-state index in [0.29, 0.717) is 5.92 Å². The van der Waals surface area contributed by atoms with Crippen molar-refractivity contribution in [2.24, 2.45) is 0 Å². The highest BCUT2D eigenvalue weighted by atomic mass is 16.2. The maximum Gasteiger partial charge on any atom is 0.317 e. The zero-order valence-electron chi connectivity index (χ0n) is 15.5. The van der Waals surface area contributed by atoms with Crippen LogP contribution >= 0.6 is 0 Å². The number of likely N-dealkylation sites (tertiary alicyclic amines) is 1. The van der Waals surface area contributed by atoms with E-state index in [-0.39, 0.29) is 17.5 Å². The van der Waals surface area contributed by atoms with E-state index < -0.39 is 0 Å². The number of hydrogen-bond acceptors (Lipinski definition) is 2. The van der Waals surface area contributed by atoms with E-state index in [9.17, 15) is 4.79 Å². The van der Waals surface area contributed by atoms with Gasteiger partial charge in [0.05, 0.1) is 6.04 Å². The number of nitrogens with zero attached hydrogens (tertiary/aromatic N) is 2. The highest BCUT2D eigenvalue weighted by Gasteiger charge is 2.32. The lowest BCUT2D eigenvalue weighted by molar-refractivity contribution is 0.148. The maximum atomic E-state index is 12.4. The summed E-state index contributed by atoms with van der Waals surface area (Å²) in [6.45, 7) is 10.2. The van der Waals surface area contributed by atoms with Gasteiger partial charge < -0.3 is 10.2 Å². The van der Waals surface area contributed by atoms with E-state index in [1.807, 2.05) is 24.0 Å². The number of hydrogen-bond donors (Lipinski definition) is 1. The van der Waals surface area contributed by atoms with Gasteiger partial charge in [-0.2, -0.15) is 0 Å². The van der Waals surface area contributed by atoms with Gasteiger partial charge in [0.15, 0.2) is 0 Å². The third-order valence-electron chi connectivity index (χ3n) is 4.96. The van der Waals surface area contributed by atoms with Crippen LogP contribution in [0, 0.1) is 0 Å². The third-order valence-corrected chi connectivity index (χ3v) is 4.96. The van der Waals surface area contributed by atoms with Crippen molar-refractivity contribution in [1.82, 2.24) is 15.2 Å². The number of urea groups is 1. The fraction of sp³-hybridized carbons (Fsp3) is 0.429. The van der Waals surface area contributed by atoms with Crippen LogP contribution in [0.25, 0.3) is 0 Å². The van der Waals surface area contributed by atoms with Gasteiger partial charge in [-0.1, -0.05) is 45.0 Å². The van der Waals surface area contributed by atoms with Crippen molar-refractivity contribution < 1.29 is 4.79 Å². The second kappa shape index (κ2) is 6.87. The number of nitrogens with one attached hydrogen (secondary N) is 1.